The third-order valence-corrected chi connectivity index (χ3v) is 6.15. The van der Waals surface area contributed by atoms with Crippen molar-refractivity contribution in [3.05, 3.63) is 59.2 Å². The van der Waals surface area contributed by atoms with Gasteiger partial charge in [0.25, 0.3) is 0 Å². The van der Waals surface area contributed by atoms with Crippen LogP contribution in [0.25, 0.3) is 0 Å². The first-order valence-corrected chi connectivity index (χ1v) is 11.1. The Hall–Kier alpha value is -2.90. The molecule has 0 spiro atoms. The first kappa shape index (κ1) is 23.8. The van der Waals surface area contributed by atoms with Gasteiger partial charge in [0.05, 0.1) is 6.04 Å². The largest absolute Gasteiger partial charge is 0.378 e. The Labute approximate surface area is 191 Å². The SMILES string of the molecule is Cc1cccc(C)c1NC(=O)C(=O)NCC(c1ccc(N(C)C)cc1)N1CCN(C)CC1. The zero-order valence-corrected chi connectivity index (χ0v) is 19.8. The molecule has 7 heteroatoms. The average Bonchev–Trinajstić information content (AvgIpc) is 2.77. The molecule has 1 atom stereocenters. The van der Waals surface area contributed by atoms with Crippen LogP contribution in [0.5, 0.6) is 0 Å². The number of nitrogens with zero attached hydrogens (tertiary/aromatic N) is 3. The van der Waals surface area contributed by atoms with Crippen LogP contribution in [0.1, 0.15) is 22.7 Å². The molecule has 7 nitrogen and oxygen atoms in total. The molecule has 2 amide bonds. The number of hydrogen-bond donors (Lipinski definition) is 2. The average molecular weight is 438 g/mol. The molecule has 3 rings (SSSR count). The molecule has 2 aromatic rings. The van der Waals surface area contributed by atoms with Crippen molar-refractivity contribution >= 4 is 23.2 Å². The maximum Gasteiger partial charge on any atom is 0.313 e. The number of benzene rings is 2. The van der Waals surface area contributed by atoms with Crippen molar-refractivity contribution in [3.8, 4) is 0 Å². The molecule has 2 N–H and O–H groups in total. The van der Waals surface area contributed by atoms with E-state index in [1.807, 2.05) is 46.1 Å². The number of hydrogen-bond acceptors (Lipinski definition) is 5. The normalized spacial score (nSPS) is 15.8. The van der Waals surface area contributed by atoms with Crippen molar-refractivity contribution in [2.24, 2.45) is 0 Å². The van der Waals surface area contributed by atoms with E-state index in [0.717, 1.165) is 48.6 Å². The van der Waals surface area contributed by atoms with Gasteiger partial charge in [0, 0.05) is 58.2 Å². The Morgan fingerprint density at radius 2 is 1.53 bits per heavy atom. The van der Waals surface area contributed by atoms with Crippen molar-refractivity contribution in [2.45, 2.75) is 19.9 Å². The van der Waals surface area contributed by atoms with Gasteiger partial charge in [0.1, 0.15) is 0 Å². The number of rotatable bonds is 6. The van der Waals surface area contributed by atoms with Gasteiger partial charge in [-0.3, -0.25) is 14.5 Å². The Balaban J connectivity index is 1.70. The van der Waals surface area contributed by atoms with E-state index in [4.69, 9.17) is 0 Å². The number of piperazine rings is 1. The van der Waals surface area contributed by atoms with Gasteiger partial charge in [-0.05, 0) is 49.7 Å². The number of para-hydroxylation sites is 1. The standard InChI is InChI=1S/C25H35N5O2/c1-18-7-6-8-19(2)23(18)27-25(32)24(31)26-17-22(30-15-13-29(5)14-16-30)20-9-11-21(12-10-20)28(3)4/h6-12,22H,13-17H2,1-5H3,(H,26,31)(H,27,32). The van der Waals surface area contributed by atoms with Crippen molar-refractivity contribution in [1.29, 1.82) is 0 Å². The molecule has 1 saturated heterocycles. The summed E-state index contributed by atoms with van der Waals surface area (Å²) in [5.41, 5.74) is 4.82. The predicted octanol–water partition coefficient (Wildman–Crippen LogP) is 2.41. The second kappa shape index (κ2) is 10.6. The minimum Gasteiger partial charge on any atom is -0.378 e. The molecule has 0 aromatic heterocycles. The van der Waals surface area contributed by atoms with Gasteiger partial charge in [-0.15, -0.1) is 0 Å². The van der Waals surface area contributed by atoms with Crippen molar-refractivity contribution in [2.75, 3.05) is 64.1 Å². The number of nitrogens with one attached hydrogen (secondary N) is 2. The maximum absolute atomic E-state index is 12.6. The molecule has 0 saturated carbocycles. The van der Waals surface area contributed by atoms with Crippen molar-refractivity contribution < 1.29 is 9.59 Å². The summed E-state index contributed by atoms with van der Waals surface area (Å²) < 4.78 is 0. The number of likely N-dealkylation sites (N-methyl/N-ethyl adjacent to an activating group) is 1. The lowest BCUT2D eigenvalue weighted by Gasteiger charge is -2.38. The highest BCUT2D eigenvalue weighted by Gasteiger charge is 2.26. The molecule has 0 bridgehead atoms. The number of carbonyl (C=O) groups is 2. The molecule has 32 heavy (non-hydrogen) atoms. The van der Waals surface area contributed by atoms with E-state index < -0.39 is 11.8 Å². The third kappa shape index (κ3) is 5.87. The second-order valence-electron chi connectivity index (χ2n) is 8.77. The van der Waals surface area contributed by atoms with Gasteiger partial charge in [-0.1, -0.05) is 30.3 Å². The van der Waals surface area contributed by atoms with E-state index in [1.165, 1.54) is 0 Å². The van der Waals surface area contributed by atoms with Crippen LogP contribution in [0.4, 0.5) is 11.4 Å². The highest BCUT2D eigenvalue weighted by Crippen LogP contribution is 2.24. The topological polar surface area (TPSA) is 67.9 Å². The van der Waals surface area contributed by atoms with Gasteiger partial charge in [-0.25, -0.2) is 0 Å². The number of aryl methyl sites for hydroxylation is 2. The zero-order valence-electron chi connectivity index (χ0n) is 19.8. The third-order valence-electron chi connectivity index (χ3n) is 6.15. The highest BCUT2D eigenvalue weighted by atomic mass is 16.2. The highest BCUT2D eigenvalue weighted by molar-refractivity contribution is 6.39. The fourth-order valence-electron chi connectivity index (χ4n) is 4.04. The zero-order chi connectivity index (χ0) is 23.3. The monoisotopic (exact) mass is 437 g/mol. The summed E-state index contributed by atoms with van der Waals surface area (Å²) in [6, 6.07) is 14.2. The smallest absolute Gasteiger partial charge is 0.313 e. The molecule has 1 unspecified atom stereocenters. The van der Waals surface area contributed by atoms with E-state index >= 15 is 0 Å². The molecule has 172 valence electrons. The second-order valence-corrected chi connectivity index (χ2v) is 8.77. The van der Waals surface area contributed by atoms with Crippen LogP contribution in [0.15, 0.2) is 42.5 Å². The van der Waals surface area contributed by atoms with Crippen LogP contribution in [0.3, 0.4) is 0 Å². The van der Waals surface area contributed by atoms with Gasteiger partial charge in [0.15, 0.2) is 0 Å². The Morgan fingerprint density at radius 1 is 0.938 bits per heavy atom. The molecular formula is C25H35N5O2. The quantitative estimate of drug-likeness (QED) is 0.680. The summed E-state index contributed by atoms with van der Waals surface area (Å²) in [4.78, 5) is 31.9. The first-order valence-electron chi connectivity index (χ1n) is 11.1. The van der Waals surface area contributed by atoms with Crippen molar-refractivity contribution in [1.82, 2.24) is 15.1 Å². The molecule has 2 aromatic carbocycles. The van der Waals surface area contributed by atoms with Gasteiger partial charge < -0.3 is 20.4 Å². The van der Waals surface area contributed by atoms with E-state index in [9.17, 15) is 9.59 Å². The summed E-state index contributed by atoms with van der Waals surface area (Å²) in [5.74, 6) is -1.25. The summed E-state index contributed by atoms with van der Waals surface area (Å²) >= 11 is 0. The minimum atomic E-state index is -0.637. The van der Waals surface area contributed by atoms with Crippen LogP contribution in [0, 0.1) is 13.8 Å². The fourth-order valence-corrected chi connectivity index (χ4v) is 4.04. The fraction of sp³-hybridized carbons (Fsp3) is 0.440. The molecule has 1 aliphatic heterocycles. The molecular weight excluding hydrogens is 402 g/mol. The summed E-state index contributed by atoms with van der Waals surface area (Å²) in [6.07, 6.45) is 0. The van der Waals surface area contributed by atoms with Gasteiger partial charge in [0.2, 0.25) is 0 Å². The molecule has 0 aliphatic carbocycles. The molecule has 1 heterocycles. The minimum absolute atomic E-state index is 0.0110. The van der Waals surface area contributed by atoms with Gasteiger partial charge in [-0.2, -0.15) is 0 Å². The predicted molar refractivity (Wildman–Crippen MR) is 130 cm³/mol. The summed E-state index contributed by atoms with van der Waals surface area (Å²) in [6.45, 7) is 8.01. The van der Waals surface area contributed by atoms with E-state index in [1.54, 1.807) is 0 Å². The van der Waals surface area contributed by atoms with E-state index in [-0.39, 0.29) is 6.04 Å². The van der Waals surface area contributed by atoms with E-state index in [2.05, 4.69) is 56.6 Å². The lowest BCUT2D eigenvalue weighted by Crippen LogP contribution is -2.49. The van der Waals surface area contributed by atoms with Crippen molar-refractivity contribution in [3.63, 3.8) is 0 Å². The van der Waals surface area contributed by atoms with Crippen LogP contribution >= 0.6 is 0 Å². The maximum atomic E-state index is 12.6. The molecule has 1 aliphatic rings. The van der Waals surface area contributed by atoms with Crippen LogP contribution in [-0.2, 0) is 9.59 Å². The molecule has 0 radical (unpaired) electrons. The summed E-state index contributed by atoms with van der Waals surface area (Å²) in [5, 5.41) is 5.64. The molecule has 1 fully saturated rings. The lowest BCUT2D eigenvalue weighted by molar-refractivity contribution is -0.136. The lowest BCUT2D eigenvalue weighted by atomic mass is 10.0. The number of amides is 2. The number of carbonyl (C=O) groups excluding carboxylic acids is 2. The Kier molecular flexibility index (Phi) is 7.88. The number of anilines is 2. The van der Waals surface area contributed by atoms with Crippen LogP contribution < -0.4 is 15.5 Å². The van der Waals surface area contributed by atoms with Gasteiger partial charge >= 0.3 is 11.8 Å². The first-order chi connectivity index (χ1) is 15.3. The Bertz CT molecular complexity index is 914. The summed E-state index contributed by atoms with van der Waals surface area (Å²) in [7, 11) is 6.15. The Morgan fingerprint density at radius 3 is 2.09 bits per heavy atom. The van der Waals surface area contributed by atoms with Crippen LogP contribution in [0.2, 0.25) is 0 Å². The van der Waals surface area contributed by atoms with Crippen LogP contribution in [-0.4, -0.2) is 75.5 Å². The van der Waals surface area contributed by atoms with E-state index in [0.29, 0.717) is 12.2 Å².